The quantitative estimate of drug-likeness (QED) is 0.339. The molecule has 0 saturated heterocycles. The fourth-order valence-electron chi connectivity index (χ4n) is 0. The molecule has 0 amide bonds. The molecule has 0 bridgehead atoms. The maximum absolute atomic E-state index is 8.59. The van der Waals surface area contributed by atoms with Crippen LogP contribution >= 0.6 is 0 Å². The van der Waals surface area contributed by atoms with Gasteiger partial charge in [-0.2, -0.15) is 0 Å². The normalized spacial score (nSPS) is 9.67. The van der Waals surface area contributed by atoms with Crippen molar-refractivity contribution >= 4 is 23.5 Å². The van der Waals surface area contributed by atoms with Gasteiger partial charge in [0, 0.05) is 0 Å². The zero-order valence-corrected chi connectivity index (χ0v) is 4.46. The topological polar surface area (TPSA) is 80.3 Å². The van der Waals surface area contributed by atoms with Crippen LogP contribution in [0.3, 0.4) is 0 Å². The second-order valence-electron chi connectivity index (χ2n) is 0.408. The summed E-state index contributed by atoms with van der Waals surface area (Å²) in [5.74, 6) is 0. The Labute approximate surface area is 40.3 Å². The van der Waals surface area contributed by atoms with Crippen LogP contribution in [0.1, 0.15) is 0 Å². The minimum Gasteiger partial charge on any atom is 2.00 e. The Hall–Kier alpha value is 0.208. The Kier molecular flexibility index (Phi) is 3.79. The van der Waals surface area contributed by atoms with E-state index in [1.165, 1.54) is 0 Å². The first-order valence-electron chi connectivity index (χ1n) is 0.667. The van der Waals surface area contributed by atoms with Crippen molar-refractivity contribution in [2.75, 3.05) is 0 Å². The van der Waals surface area contributed by atoms with Gasteiger partial charge in [-0.1, -0.05) is 0 Å². The van der Waals surface area contributed by atoms with Gasteiger partial charge in [-0.15, -0.1) is 0 Å². The van der Waals surface area contributed by atoms with Crippen LogP contribution in [0.15, 0.2) is 0 Å². The molecule has 6 heavy (non-hydrogen) atoms. The Morgan fingerprint density at radius 3 is 1.17 bits per heavy atom. The van der Waals surface area contributed by atoms with Crippen molar-refractivity contribution in [1.82, 2.24) is 0 Å². The van der Waals surface area contributed by atoms with Crippen molar-refractivity contribution in [2.24, 2.45) is 0 Å². The van der Waals surface area contributed by atoms with Crippen LogP contribution in [0, 0.1) is 0 Å². The third-order valence-corrected chi connectivity index (χ3v) is 0. The van der Waals surface area contributed by atoms with E-state index in [1.54, 1.807) is 0 Å². The maximum Gasteiger partial charge on any atom is 2.00 e. The van der Waals surface area contributed by atoms with Gasteiger partial charge in [-0.05, 0) is 0 Å². The molecule has 0 spiro atoms. The molecule has 32 valence electrons. The Balaban J connectivity index is 0. The Morgan fingerprint density at radius 2 is 1.17 bits per heavy atom. The first kappa shape index (κ1) is 9.51. The van der Waals surface area contributed by atoms with Gasteiger partial charge in [0.25, 0.3) is 0 Å². The smallest absolute Gasteiger partial charge is 2.00 e. The molecule has 0 fully saturated rings. The molecule has 0 radical (unpaired) electrons. The molecule has 0 atom stereocenters. The van der Waals surface area contributed by atoms with Gasteiger partial charge in [-0.3, -0.25) is 0 Å². The Bertz CT molecular complexity index is 90.7. The average Bonchev–Trinajstić information content (AvgIpc) is 0.722. The summed E-state index contributed by atoms with van der Waals surface area (Å²) in [6.45, 7) is 0. The summed E-state index contributed by atoms with van der Waals surface area (Å²) in [6.07, 6.45) is 0. The summed E-state index contributed by atoms with van der Waals surface area (Å²) in [7, 11) is 0. The minimum atomic E-state index is -5.75. The SMILES string of the molecule is O=[Se](=O)([O-])[O-].[Be+2]. The van der Waals surface area contributed by atoms with Crippen molar-refractivity contribution in [2.45, 2.75) is 0 Å². The molecular formula is BeO4Se. The molecule has 0 aromatic heterocycles. The van der Waals surface area contributed by atoms with Crippen molar-refractivity contribution in [3.05, 3.63) is 0 Å². The van der Waals surface area contributed by atoms with Gasteiger partial charge in [0.05, 0.1) is 0 Å². The first-order valence-corrected chi connectivity index (χ1v) is 3.46. The van der Waals surface area contributed by atoms with Gasteiger partial charge in [0.2, 0.25) is 0 Å². The molecule has 4 nitrogen and oxygen atoms in total. The molecule has 0 unspecified atom stereocenters. The van der Waals surface area contributed by atoms with Crippen molar-refractivity contribution in [3.8, 4) is 0 Å². The molecule has 0 aliphatic carbocycles. The van der Waals surface area contributed by atoms with Gasteiger partial charge >= 0.3 is 39.5 Å². The molecule has 0 N–H and O–H groups in total. The monoisotopic (exact) mass is 153 g/mol. The van der Waals surface area contributed by atoms with E-state index in [9.17, 15) is 0 Å². The third kappa shape index (κ3) is 998. The van der Waals surface area contributed by atoms with E-state index < -0.39 is 13.4 Å². The first-order chi connectivity index (χ1) is 2.00. The summed E-state index contributed by atoms with van der Waals surface area (Å²) >= 11 is -5.75. The van der Waals surface area contributed by atoms with E-state index >= 15 is 0 Å². The summed E-state index contributed by atoms with van der Waals surface area (Å²) in [5, 5.41) is 0. The average molecular weight is 152 g/mol. The second-order valence-corrected chi connectivity index (χ2v) is 2.12. The zero-order chi connectivity index (χ0) is 4.50. The van der Waals surface area contributed by atoms with E-state index in [1.807, 2.05) is 0 Å². The predicted molar refractivity (Wildman–Crippen MR) is 12.9 cm³/mol. The summed E-state index contributed by atoms with van der Waals surface area (Å²) < 4.78 is 34.4. The van der Waals surface area contributed by atoms with Gasteiger partial charge in [-0.25, -0.2) is 0 Å². The third-order valence-electron chi connectivity index (χ3n) is 0. The molecule has 0 rings (SSSR count). The van der Waals surface area contributed by atoms with E-state index in [0.717, 1.165) is 0 Å². The van der Waals surface area contributed by atoms with E-state index in [0.29, 0.717) is 0 Å². The molecule has 0 saturated carbocycles. The van der Waals surface area contributed by atoms with Crippen LogP contribution < -0.4 is 8.38 Å². The Morgan fingerprint density at radius 1 is 1.17 bits per heavy atom. The molecule has 0 aromatic rings. The molecule has 0 aliphatic heterocycles. The molecule has 0 heterocycles. The predicted octanol–water partition coefficient (Wildman–Crippen LogP) is -3.38. The zero-order valence-electron chi connectivity index (χ0n) is 2.75. The van der Waals surface area contributed by atoms with Gasteiger partial charge in [0.15, 0.2) is 0 Å². The number of rotatable bonds is 0. The van der Waals surface area contributed by atoms with Gasteiger partial charge < -0.3 is 0 Å². The summed E-state index contributed by atoms with van der Waals surface area (Å²) in [4.78, 5) is 0. The van der Waals surface area contributed by atoms with Crippen molar-refractivity contribution in [3.63, 3.8) is 0 Å². The number of hydrogen-bond acceptors (Lipinski definition) is 4. The molecular weight excluding hydrogens is 152 g/mol. The largest absolute Gasteiger partial charge is 2.00 e. The standard InChI is InChI=1S/Be.H2O4Se/c;1-5(2,3)4/h;(H2,1,2,3,4)/q+2;/p-2. The van der Waals surface area contributed by atoms with Crippen LogP contribution in [-0.4, -0.2) is 23.5 Å². The van der Waals surface area contributed by atoms with Crippen molar-refractivity contribution in [1.29, 1.82) is 0 Å². The van der Waals surface area contributed by atoms with E-state index in [2.05, 4.69) is 0 Å². The van der Waals surface area contributed by atoms with Crippen LogP contribution in [0.5, 0.6) is 0 Å². The molecule has 0 aliphatic rings. The van der Waals surface area contributed by atoms with Crippen LogP contribution in [0.25, 0.3) is 0 Å². The van der Waals surface area contributed by atoms with Crippen LogP contribution in [0.4, 0.5) is 0 Å². The van der Waals surface area contributed by atoms with E-state index in [4.69, 9.17) is 16.0 Å². The fraction of sp³-hybridized carbons (Fsp3) is 0. The molecule has 6 heteroatoms. The van der Waals surface area contributed by atoms with Crippen LogP contribution in [-0.2, 0) is 7.67 Å². The second kappa shape index (κ2) is 2.39. The van der Waals surface area contributed by atoms with Gasteiger partial charge in [0.1, 0.15) is 0 Å². The number of hydrogen-bond donors (Lipinski definition) is 0. The van der Waals surface area contributed by atoms with Crippen LogP contribution in [0.2, 0.25) is 0 Å². The van der Waals surface area contributed by atoms with Crippen molar-refractivity contribution < 1.29 is 16.0 Å². The molecule has 0 aromatic carbocycles. The summed E-state index contributed by atoms with van der Waals surface area (Å²) in [6, 6.07) is 0. The fourth-order valence-corrected chi connectivity index (χ4v) is 0. The minimum absolute atomic E-state index is 0. The summed E-state index contributed by atoms with van der Waals surface area (Å²) in [5.41, 5.74) is 0. The maximum atomic E-state index is 8.59. The van der Waals surface area contributed by atoms with E-state index in [-0.39, 0.29) is 10.1 Å².